The lowest BCUT2D eigenvalue weighted by molar-refractivity contribution is -0.174. The standard InChI is InChI=1S/C32H31N3O7/c1-5-21-22-13-19(36)9-12-26(22)34-28-23(21)15-35-27(28)14-25-24(29(35)37)16-40-30(38)32(25,6-2)42-31(39)41-20-10-7-18(8-11-20)33-17(3)4/h7-14,17,33,36H,5-6,15-16H2,1-4H3/t32-/m1/s1. The van der Waals surface area contributed by atoms with Gasteiger partial charge in [-0.3, -0.25) is 4.79 Å². The molecular weight excluding hydrogens is 538 g/mol. The molecule has 0 aliphatic carbocycles. The zero-order chi connectivity index (χ0) is 29.8. The van der Waals surface area contributed by atoms with Gasteiger partial charge in [-0.2, -0.15) is 0 Å². The van der Waals surface area contributed by atoms with Crippen LogP contribution in [-0.4, -0.2) is 32.8 Å². The SMILES string of the molecule is CCc1c2c(nc3ccc(O)cc13)-c1cc3c(c(=O)n1C2)COC(=O)[C@]3(CC)OC(=O)Oc1ccc(NC(C)C)cc1. The number of hydrogen-bond acceptors (Lipinski definition) is 9. The Hall–Kier alpha value is -4.86. The number of aromatic hydroxyl groups is 1. The maximum absolute atomic E-state index is 13.8. The normalized spacial score (nSPS) is 16.9. The van der Waals surface area contributed by atoms with Gasteiger partial charge in [0.25, 0.3) is 5.56 Å². The first kappa shape index (κ1) is 27.3. The van der Waals surface area contributed by atoms with Crippen LogP contribution in [-0.2, 0) is 39.4 Å². The van der Waals surface area contributed by atoms with Crippen molar-refractivity contribution in [1.29, 1.82) is 0 Å². The van der Waals surface area contributed by atoms with Crippen LogP contribution in [0, 0.1) is 0 Å². The predicted molar refractivity (Wildman–Crippen MR) is 156 cm³/mol. The lowest BCUT2D eigenvalue weighted by Crippen LogP contribution is -2.47. The molecule has 4 heterocycles. The first-order chi connectivity index (χ1) is 20.1. The molecule has 6 rings (SSSR count). The van der Waals surface area contributed by atoms with Crippen LogP contribution in [0.1, 0.15) is 56.4 Å². The summed E-state index contributed by atoms with van der Waals surface area (Å²) in [6.07, 6.45) is -0.410. The molecule has 2 aromatic carbocycles. The fraction of sp³-hybridized carbons (Fsp3) is 0.312. The molecule has 1 atom stereocenters. The number of phenolic OH excluding ortho intramolecular Hbond substituents is 1. The molecule has 10 nitrogen and oxygen atoms in total. The fourth-order valence-corrected chi connectivity index (χ4v) is 5.92. The molecule has 0 saturated carbocycles. The highest BCUT2D eigenvalue weighted by molar-refractivity contribution is 5.90. The maximum atomic E-state index is 13.8. The van der Waals surface area contributed by atoms with Gasteiger partial charge in [-0.05, 0) is 80.8 Å². The Bertz CT molecular complexity index is 1810. The minimum Gasteiger partial charge on any atom is -0.508 e. The molecule has 2 aliphatic rings. The number of benzene rings is 2. The van der Waals surface area contributed by atoms with Crippen molar-refractivity contribution >= 4 is 28.7 Å². The van der Waals surface area contributed by atoms with E-state index in [2.05, 4.69) is 5.32 Å². The average Bonchev–Trinajstić information content (AvgIpc) is 3.32. The minimum atomic E-state index is -1.88. The fourth-order valence-electron chi connectivity index (χ4n) is 5.92. The first-order valence-corrected chi connectivity index (χ1v) is 14.0. The summed E-state index contributed by atoms with van der Waals surface area (Å²) in [4.78, 5) is 45.0. The highest BCUT2D eigenvalue weighted by atomic mass is 16.7. The Morgan fingerprint density at radius 3 is 2.57 bits per heavy atom. The van der Waals surface area contributed by atoms with E-state index in [-0.39, 0.29) is 53.8 Å². The molecule has 0 amide bonds. The number of anilines is 1. The van der Waals surface area contributed by atoms with E-state index in [9.17, 15) is 19.5 Å². The molecule has 2 N–H and O–H groups in total. The number of aryl methyl sites for hydroxylation is 1. The van der Waals surface area contributed by atoms with Gasteiger partial charge in [-0.25, -0.2) is 14.6 Å². The summed E-state index contributed by atoms with van der Waals surface area (Å²) in [5.41, 5.74) is 2.83. The Morgan fingerprint density at radius 1 is 1.12 bits per heavy atom. The zero-order valence-corrected chi connectivity index (χ0v) is 23.8. The molecule has 42 heavy (non-hydrogen) atoms. The summed E-state index contributed by atoms with van der Waals surface area (Å²) >= 11 is 0. The number of nitrogens with one attached hydrogen (secondary N) is 1. The van der Waals surface area contributed by atoms with Crippen molar-refractivity contribution in [3.63, 3.8) is 0 Å². The second-order valence-electron chi connectivity index (χ2n) is 10.8. The highest BCUT2D eigenvalue weighted by Crippen LogP contribution is 2.42. The number of fused-ring (bicyclic) bond motifs is 5. The second-order valence-corrected chi connectivity index (χ2v) is 10.8. The lowest BCUT2D eigenvalue weighted by Gasteiger charge is -2.35. The van der Waals surface area contributed by atoms with Crippen molar-refractivity contribution in [3.8, 4) is 22.9 Å². The summed E-state index contributed by atoms with van der Waals surface area (Å²) in [6.45, 7) is 7.77. The van der Waals surface area contributed by atoms with Crippen LogP contribution in [0.5, 0.6) is 11.5 Å². The van der Waals surface area contributed by atoms with Gasteiger partial charge in [0.15, 0.2) is 0 Å². The average molecular weight is 570 g/mol. The number of esters is 1. The molecule has 216 valence electrons. The molecule has 0 bridgehead atoms. The molecule has 0 unspecified atom stereocenters. The van der Waals surface area contributed by atoms with Gasteiger partial charge in [0.05, 0.1) is 29.0 Å². The molecule has 4 aromatic rings. The van der Waals surface area contributed by atoms with Gasteiger partial charge in [-0.1, -0.05) is 13.8 Å². The van der Waals surface area contributed by atoms with Gasteiger partial charge < -0.3 is 29.2 Å². The number of aromatic nitrogens is 2. The van der Waals surface area contributed by atoms with E-state index in [1.165, 1.54) is 0 Å². The number of pyridine rings is 2. The zero-order valence-electron chi connectivity index (χ0n) is 23.8. The summed E-state index contributed by atoms with van der Waals surface area (Å²) in [7, 11) is 0. The van der Waals surface area contributed by atoms with Crippen molar-refractivity contribution < 1.29 is 28.9 Å². The Balaban J connectivity index is 1.41. The van der Waals surface area contributed by atoms with Crippen LogP contribution in [0.15, 0.2) is 53.3 Å². The van der Waals surface area contributed by atoms with Crippen LogP contribution in [0.25, 0.3) is 22.3 Å². The minimum absolute atomic E-state index is 0.0194. The third kappa shape index (κ3) is 4.34. The Morgan fingerprint density at radius 2 is 1.88 bits per heavy atom. The second kappa shape index (κ2) is 10.2. The summed E-state index contributed by atoms with van der Waals surface area (Å²) in [6, 6.07) is 13.7. The number of carbonyl (C=O) groups is 2. The molecule has 2 aromatic heterocycles. The molecule has 0 spiro atoms. The van der Waals surface area contributed by atoms with Gasteiger partial charge in [0.2, 0.25) is 5.60 Å². The predicted octanol–water partition coefficient (Wildman–Crippen LogP) is 5.39. The van der Waals surface area contributed by atoms with Crippen molar-refractivity contribution in [2.75, 3.05) is 5.32 Å². The maximum Gasteiger partial charge on any atom is 0.515 e. The molecular formula is C32H31N3O7. The topological polar surface area (TPSA) is 129 Å². The number of phenols is 1. The molecule has 10 heteroatoms. The highest BCUT2D eigenvalue weighted by Gasteiger charge is 2.51. The summed E-state index contributed by atoms with van der Waals surface area (Å²) in [5.74, 6) is -0.399. The number of nitrogens with zero attached hydrogens (tertiary/aromatic N) is 2. The van der Waals surface area contributed by atoms with Gasteiger partial charge >= 0.3 is 12.1 Å². The third-order valence-electron chi connectivity index (χ3n) is 7.88. The van der Waals surface area contributed by atoms with Gasteiger partial charge in [0, 0.05) is 28.2 Å². The van der Waals surface area contributed by atoms with E-state index >= 15 is 0 Å². The van der Waals surface area contributed by atoms with E-state index in [4.69, 9.17) is 19.2 Å². The molecule has 0 saturated heterocycles. The lowest BCUT2D eigenvalue weighted by atomic mass is 9.85. The van der Waals surface area contributed by atoms with Crippen molar-refractivity contribution in [2.24, 2.45) is 0 Å². The van der Waals surface area contributed by atoms with Crippen molar-refractivity contribution in [2.45, 2.75) is 65.3 Å². The molecule has 2 aliphatic heterocycles. The van der Waals surface area contributed by atoms with E-state index < -0.39 is 17.7 Å². The van der Waals surface area contributed by atoms with Crippen LogP contribution in [0.2, 0.25) is 0 Å². The Labute approximate surface area is 241 Å². The van der Waals surface area contributed by atoms with E-state index in [0.29, 0.717) is 23.3 Å². The van der Waals surface area contributed by atoms with Crippen LogP contribution < -0.4 is 15.6 Å². The Kier molecular flexibility index (Phi) is 6.64. The van der Waals surface area contributed by atoms with Crippen LogP contribution >= 0.6 is 0 Å². The first-order valence-electron chi connectivity index (χ1n) is 14.0. The number of rotatable bonds is 6. The van der Waals surface area contributed by atoms with Crippen LogP contribution in [0.3, 0.4) is 0 Å². The van der Waals surface area contributed by atoms with Gasteiger partial charge in [0.1, 0.15) is 18.1 Å². The number of ether oxygens (including phenoxy) is 3. The third-order valence-corrected chi connectivity index (χ3v) is 7.88. The monoisotopic (exact) mass is 569 g/mol. The number of cyclic esters (lactones) is 1. The van der Waals surface area contributed by atoms with Crippen molar-refractivity contribution in [3.05, 3.63) is 81.1 Å². The number of carbonyl (C=O) groups excluding carboxylic acids is 2. The van der Waals surface area contributed by atoms with Crippen molar-refractivity contribution in [1.82, 2.24) is 9.55 Å². The van der Waals surface area contributed by atoms with E-state index in [1.54, 1.807) is 60.0 Å². The van der Waals surface area contributed by atoms with E-state index in [1.807, 2.05) is 20.8 Å². The van der Waals surface area contributed by atoms with E-state index in [0.717, 1.165) is 22.2 Å². The largest absolute Gasteiger partial charge is 0.515 e. The summed E-state index contributed by atoms with van der Waals surface area (Å²) in [5, 5.41) is 14.2. The van der Waals surface area contributed by atoms with Crippen LogP contribution in [0.4, 0.5) is 10.5 Å². The molecule has 0 radical (unpaired) electrons. The smallest absolute Gasteiger partial charge is 0.508 e. The number of hydrogen-bond donors (Lipinski definition) is 2. The van der Waals surface area contributed by atoms with Gasteiger partial charge in [-0.15, -0.1) is 0 Å². The quantitative estimate of drug-likeness (QED) is 0.204. The molecule has 0 fully saturated rings. The summed E-state index contributed by atoms with van der Waals surface area (Å²) < 4.78 is 18.2.